The van der Waals surface area contributed by atoms with Gasteiger partial charge in [0, 0.05) is 24.3 Å². The summed E-state index contributed by atoms with van der Waals surface area (Å²) in [5, 5.41) is 9.48. The van der Waals surface area contributed by atoms with Crippen molar-refractivity contribution < 1.29 is 4.79 Å². The van der Waals surface area contributed by atoms with Crippen LogP contribution < -0.4 is 0 Å². The molecular formula is C12H18N2OS. The van der Waals surface area contributed by atoms with Crippen molar-refractivity contribution in [1.82, 2.24) is 4.90 Å². The number of carbonyl (C=O) groups excluding carboxylic acids is 1. The molecule has 3 atom stereocenters. The number of rotatable bonds is 3. The summed E-state index contributed by atoms with van der Waals surface area (Å²) in [6, 6.07) is 2.62. The van der Waals surface area contributed by atoms with E-state index in [4.69, 9.17) is 5.26 Å². The van der Waals surface area contributed by atoms with Crippen LogP contribution in [0.4, 0.5) is 0 Å². The first kappa shape index (κ1) is 11.8. The second kappa shape index (κ2) is 5.09. The molecule has 0 bridgehead atoms. The molecule has 0 spiro atoms. The molecule has 0 aromatic rings. The average molecular weight is 238 g/mol. The summed E-state index contributed by atoms with van der Waals surface area (Å²) in [5.74, 6) is 1.24. The highest BCUT2D eigenvalue weighted by atomic mass is 32.2. The normalized spacial score (nSPS) is 34.4. The number of nitriles is 1. The Morgan fingerprint density at radius 2 is 2.38 bits per heavy atom. The Hall–Kier alpha value is -0.690. The zero-order chi connectivity index (χ0) is 11.5. The fraction of sp³-hybridized carbons (Fsp3) is 0.833. The first-order chi connectivity index (χ1) is 7.76. The van der Waals surface area contributed by atoms with Crippen LogP contribution in [-0.4, -0.2) is 34.4 Å². The number of nitrogens with zero attached hydrogens (tertiary/aromatic N) is 2. The topological polar surface area (TPSA) is 44.1 Å². The van der Waals surface area contributed by atoms with E-state index in [1.165, 1.54) is 12.8 Å². The van der Waals surface area contributed by atoms with Gasteiger partial charge in [0.05, 0.1) is 12.0 Å². The van der Waals surface area contributed by atoms with Gasteiger partial charge < -0.3 is 4.90 Å². The van der Waals surface area contributed by atoms with Crippen molar-refractivity contribution in [3.63, 3.8) is 0 Å². The lowest BCUT2D eigenvalue weighted by Crippen LogP contribution is -2.40. The number of thioether (sulfide) groups is 1. The summed E-state index contributed by atoms with van der Waals surface area (Å²) in [7, 11) is 0. The maximum absolute atomic E-state index is 11.8. The number of likely N-dealkylation sites (tertiary alicyclic amines) is 1. The molecule has 1 aliphatic heterocycles. The van der Waals surface area contributed by atoms with Crippen molar-refractivity contribution in [1.29, 1.82) is 5.26 Å². The van der Waals surface area contributed by atoms with E-state index in [0.717, 1.165) is 12.2 Å². The van der Waals surface area contributed by atoms with E-state index in [9.17, 15) is 4.79 Å². The van der Waals surface area contributed by atoms with Crippen LogP contribution in [0.3, 0.4) is 0 Å². The molecule has 2 rings (SSSR count). The van der Waals surface area contributed by atoms with E-state index in [-0.39, 0.29) is 11.8 Å². The van der Waals surface area contributed by atoms with Crippen molar-refractivity contribution in [2.45, 2.75) is 43.9 Å². The van der Waals surface area contributed by atoms with Crippen LogP contribution in [-0.2, 0) is 4.79 Å². The molecule has 16 heavy (non-hydrogen) atoms. The third-order valence-corrected chi connectivity index (χ3v) is 4.85. The van der Waals surface area contributed by atoms with Crippen LogP contribution in [0.5, 0.6) is 0 Å². The van der Waals surface area contributed by atoms with Gasteiger partial charge >= 0.3 is 0 Å². The van der Waals surface area contributed by atoms with Crippen molar-refractivity contribution in [2.75, 3.05) is 12.3 Å². The highest BCUT2D eigenvalue weighted by Gasteiger charge is 2.39. The fourth-order valence-electron chi connectivity index (χ4n) is 2.81. The lowest BCUT2D eigenvalue weighted by molar-refractivity contribution is -0.129. The molecule has 1 heterocycles. The molecule has 2 fully saturated rings. The van der Waals surface area contributed by atoms with Gasteiger partial charge in [0.25, 0.3) is 0 Å². The van der Waals surface area contributed by atoms with E-state index in [2.05, 4.69) is 13.0 Å². The van der Waals surface area contributed by atoms with Gasteiger partial charge in [-0.25, -0.2) is 0 Å². The molecule has 3 unspecified atom stereocenters. The zero-order valence-corrected chi connectivity index (χ0v) is 10.5. The highest BCUT2D eigenvalue weighted by Crippen LogP contribution is 2.36. The van der Waals surface area contributed by atoms with Crippen LogP contribution in [0, 0.1) is 17.2 Å². The SMILES string of the molecule is CCSC1CCCC1N1CC(C#N)CC1=O. The van der Waals surface area contributed by atoms with Gasteiger partial charge in [-0.05, 0) is 18.6 Å². The number of hydrogen-bond donors (Lipinski definition) is 0. The predicted octanol–water partition coefficient (Wildman–Crippen LogP) is 2.03. The molecule has 0 aromatic carbocycles. The van der Waals surface area contributed by atoms with Crippen LogP contribution in [0.2, 0.25) is 0 Å². The molecule has 1 saturated heterocycles. The smallest absolute Gasteiger partial charge is 0.224 e. The summed E-state index contributed by atoms with van der Waals surface area (Å²) < 4.78 is 0. The van der Waals surface area contributed by atoms with Crippen LogP contribution in [0.25, 0.3) is 0 Å². The maximum atomic E-state index is 11.8. The zero-order valence-electron chi connectivity index (χ0n) is 9.69. The first-order valence-corrected chi connectivity index (χ1v) is 7.11. The van der Waals surface area contributed by atoms with Crippen molar-refractivity contribution in [2.24, 2.45) is 5.92 Å². The monoisotopic (exact) mass is 238 g/mol. The van der Waals surface area contributed by atoms with E-state index in [1.54, 1.807) is 0 Å². The minimum Gasteiger partial charge on any atom is -0.337 e. The Morgan fingerprint density at radius 1 is 1.56 bits per heavy atom. The van der Waals surface area contributed by atoms with Gasteiger partial charge in [0.15, 0.2) is 0 Å². The Kier molecular flexibility index (Phi) is 3.75. The summed E-state index contributed by atoms with van der Waals surface area (Å²) in [6.07, 6.45) is 4.02. The standard InChI is InChI=1S/C12H18N2OS/c1-2-16-11-5-3-4-10(11)14-8-9(7-13)6-12(14)15/h9-11H,2-6,8H2,1H3. The third-order valence-electron chi connectivity index (χ3n) is 3.54. The van der Waals surface area contributed by atoms with E-state index in [1.807, 2.05) is 16.7 Å². The molecule has 0 N–H and O–H groups in total. The summed E-state index contributed by atoms with van der Waals surface area (Å²) >= 11 is 1.97. The lowest BCUT2D eigenvalue weighted by atomic mass is 10.1. The van der Waals surface area contributed by atoms with E-state index >= 15 is 0 Å². The van der Waals surface area contributed by atoms with Crippen molar-refractivity contribution >= 4 is 17.7 Å². The second-order valence-corrected chi connectivity index (χ2v) is 6.08. The van der Waals surface area contributed by atoms with Gasteiger partial charge in [0.1, 0.15) is 0 Å². The minimum absolute atomic E-state index is 0.0691. The number of amides is 1. The van der Waals surface area contributed by atoms with Crippen molar-refractivity contribution in [3.05, 3.63) is 0 Å². The van der Waals surface area contributed by atoms with Crippen molar-refractivity contribution in [3.8, 4) is 6.07 Å². The highest BCUT2D eigenvalue weighted by molar-refractivity contribution is 7.99. The summed E-state index contributed by atoms with van der Waals surface area (Å²) in [4.78, 5) is 13.8. The molecule has 2 aliphatic rings. The molecule has 1 saturated carbocycles. The summed E-state index contributed by atoms with van der Waals surface area (Å²) in [6.45, 7) is 2.84. The fourth-order valence-corrected chi connectivity index (χ4v) is 4.08. The van der Waals surface area contributed by atoms with Crippen LogP contribution in [0.1, 0.15) is 32.6 Å². The van der Waals surface area contributed by atoms with E-state index in [0.29, 0.717) is 24.3 Å². The van der Waals surface area contributed by atoms with Crippen LogP contribution in [0.15, 0.2) is 0 Å². The third kappa shape index (κ3) is 2.20. The van der Waals surface area contributed by atoms with Gasteiger partial charge in [-0.2, -0.15) is 17.0 Å². The lowest BCUT2D eigenvalue weighted by Gasteiger charge is -2.29. The predicted molar refractivity (Wildman–Crippen MR) is 65.0 cm³/mol. The molecular weight excluding hydrogens is 220 g/mol. The average Bonchev–Trinajstić information content (AvgIpc) is 2.85. The minimum atomic E-state index is -0.0691. The molecule has 88 valence electrons. The summed E-state index contributed by atoms with van der Waals surface area (Å²) in [5.41, 5.74) is 0. The molecule has 1 amide bonds. The molecule has 0 aromatic heterocycles. The number of carbonyl (C=O) groups is 1. The Labute approximate surface area is 101 Å². The first-order valence-electron chi connectivity index (χ1n) is 6.07. The molecule has 4 heteroatoms. The molecule has 1 aliphatic carbocycles. The largest absolute Gasteiger partial charge is 0.337 e. The van der Waals surface area contributed by atoms with Gasteiger partial charge in [0.2, 0.25) is 5.91 Å². The molecule has 3 nitrogen and oxygen atoms in total. The Morgan fingerprint density at radius 3 is 3.00 bits per heavy atom. The quantitative estimate of drug-likeness (QED) is 0.755. The van der Waals surface area contributed by atoms with Gasteiger partial charge in [-0.3, -0.25) is 4.79 Å². The van der Waals surface area contributed by atoms with Crippen LogP contribution >= 0.6 is 11.8 Å². The van der Waals surface area contributed by atoms with E-state index < -0.39 is 0 Å². The maximum Gasteiger partial charge on any atom is 0.224 e. The molecule has 0 radical (unpaired) electrons. The Bertz CT molecular complexity index is 313. The second-order valence-electron chi connectivity index (χ2n) is 4.57. The number of hydrogen-bond acceptors (Lipinski definition) is 3. The van der Waals surface area contributed by atoms with Gasteiger partial charge in [-0.1, -0.05) is 13.3 Å². The van der Waals surface area contributed by atoms with Gasteiger partial charge in [-0.15, -0.1) is 0 Å². The Balaban J connectivity index is 2.01.